The number of sulfonamides is 1. The Morgan fingerprint density at radius 1 is 1.07 bits per heavy atom. The molecule has 0 atom stereocenters. The topological polar surface area (TPSA) is 85.1 Å². The van der Waals surface area contributed by atoms with Crippen molar-refractivity contribution in [1.82, 2.24) is 14.9 Å². The Morgan fingerprint density at radius 2 is 1.74 bits per heavy atom. The van der Waals surface area contributed by atoms with Gasteiger partial charge in [0.25, 0.3) is 0 Å². The molecule has 1 heterocycles. The molecule has 0 bridgehead atoms. The Hall–Kier alpha value is -2.58. The van der Waals surface area contributed by atoms with Crippen molar-refractivity contribution in [2.45, 2.75) is 37.6 Å². The van der Waals surface area contributed by atoms with Crippen molar-refractivity contribution < 1.29 is 17.3 Å². The molecule has 0 unspecified atom stereocenters. The van der Waals surface area contributed by atoms with Crippen LogP contribution in [0.25, 0.3) is 11.4 Å². The summed E-state index contributed by atoms with van der Waals surface area (Å²) >= 11 is 0. The largest absolute Gasteiger partial charge is 0.338 e. The lowest BCUT2D eigenvalue weighted by molar-refractivity contribution is 0.375. The molecular formula is C19H20FN3O3S. The van der Waals surface area contributed by atoms with Crippen LogP contribution in [0, 0.1) is 5.82 Å². The van der Waals surface area contributed by atoms with Gasteiger partial charge in [-0.2, -0.15) is 4.98 Å². The van der Waals surface area contributed by atoms with Gasteiger partial charge in [0.1, 0.15) is 5.82 Å². The Balaban J connectivity index is 1.72. The summed E-state index contributed by atoms with van der Waals surface area (Å²) in [5.41, 5.74) is 1.16. The van der Waals surface area contributed by atoms with Gasteiger partial charge in [0.05, 0.1) is 17.0 Å². The molecule has 1 aromatic heterocycles. The molecule has 3 aromatic rings. The standard InChI is InChI=1S/C19H20FN3O3S/c1-19(2,3)13-8-10-14(11-9-13)27(24,25)21-12-17-22-18(23-26-17)15-6-4-5-7-16(15)20/h4-11,21H,12H2,1-3H3. The molecule has 8 heteroatoms. The molecule has 0 spiro atoms. The van der Waals surface area contributed by atoms with Crippen molar-refractivity contribution in [3.8, 4) is 11.4 Å². The molecule has 27 heavy (non-hydrogen) atoms. The van der Waals surface area contributed by atoms with Crippen LogP contribution < -0.4 is 4.72 Å². The molecule has 2 aromatic carbocycles. The van der Waals surface area contributed by atoms with E-state index in [1.165, 1.54) is 12.1 Å². The second-order valence-electron chi connectivity index (χ2n) is 7.09. The Labute approximate surface area is 157 Å². The lowest BCUT2D eigenvalue weighted by Gasteiger charge is -2.19. The highest BCUT2D eigenvalue weighted by molar-refractivity contribution is 7.89. The summed E-state index contributed by atoms with van der Waals surface area (Å²) in [6, 6.07) is 12.7. The van der Waals surface area contributed by atoms with Crippen LogP contribution in [0.5, 0.6) is 0 Å². The van der Waals surface area contributed by atoms with Gasteiger partial charge in [-0.05, 0) is 35.2 Å². The SMILES string of the molecule is CC(C)(C)c1ccc(S(=O)(=O)NCc2nc(-c3ccccc3F)no2)cc1. The quantitative estimate of drug-likeness (QED) is 0.720. The third-order valence-corrected chi connectivity index (χ3v) is 5.44. The van der Waals surface area contributed by atoms with Gasteiger partial charge in [0.2, 0.25) is 21.7 Å². The third-order valence-electron chi connectivity index (χ3n) is 4.03. The summed E-state index contributed by atoms with van der Waals surface area (Å²) in [6.07, 6.45) is 0. The molecule has 3 rings (SSSR count). The van der Waals surface area contributed by atoms with Crippen molar-refractivity contribution in [3.05, 3.63) is 65.8 Å². The predicted octanol–water partition coefficient (Wildman–Crippen LogP) is 3.65. The fourth-order valence-corrected chi connectivity index (χ4v) is 3.43. The van der Waals surface area contributed by atoms with Gasteiger partial charge >= 0.3 is 0 Å². The molecule has 6 nitrogen and oxygen atoms in total. The van der Waals surface area contributed by atoms with Crippen LogP contribution in [-0.4, -0.2) is 18.6 Å². The van der Waals surface area contributed by atoms with Gasteiger partial charge in [-0.3, -0.25) is 0 Å². The number of benzene rings is 2. The van der Waals surface area contributed by atoms with Crippen LogP contribution in [0.2, 0.25) is 0 Å². The fraction of sp³-hybridized carbons (Fsp3) is 0.263. The van der Waals surface area contributed by atoms with Gasteiger partial charge in [-0.25, -0.2) is 17.5 Å². The molecule has 1 N–H and O–H groups in total. The Kier molecular flexibility index (Phi) is 5.12. The minimum absolute atomic E-state index is 0.0446. The number of rotatable bonds is 5. The van der Waals surface area contributed by atoms with E-state index in [1.54, 1.807) is 36.4 Å². The second kappa shape index (κ2) is 7.21. The first-order valence-corrected chi connectivity index (χ1v) is 9.83. The fourth-order valence-electron chi connectivity index (χ4n) is 2.45. The maximum absolute atomic E-state index is 13.8. The monoisotopic (exact) mass is 389 g/mol. The zero-order valence-corrected chi connectivity index (χ0v) is 16.0. The van der Waals surface area contributed by atoms with Gasteiger partial charge in [0.15, 0.2) is 0 Å². The number of aromatic nitrogens is 2. The molecule has 0 aliphatic heterocycles. The highest BCUT2D eigenvalue weighted by Gasteiger charge is 2.19. The summed E-state index contributed by atoms with van der Waals surface area (Å²) in [5, 5.41) is 3.70. The van der Waals surface area contributed by atoms with E-state index in [0.717, 1.165) is 5.56 Å². The smallest absolute Gasteiger partial charge is 0.242 e. The van der Waals surface area contributed by atoms with Gasteiger partial charge < -0.3 is 4.52 Å². The molecular weight excluding hydrogens is 369 g/mol. The van der Waals surface area contributed by atoms with E-state index in [4.69, 9.17) is 4.52 Å². The first kappa shape index (κ1) is 19.2. The molecule has 0 aliphatic rings. The second-order valence-corrected chi connectivity index (χ2v) is 8.86. The molecule has 0 aliphatic carbocycles. The zero-order chi connectivity index (χ0) is 19.7. The Morgan fingerprint density at radius 3 is 2.37 bits per heavy atom. The highest BCUT2D eigenvalue weighted by Crippen LogP contribution is 2.23. The van der Waals surface area contributed by atoms with Crippen molar-refractivity contribution in [2.24, 2.45) is 0 Å². The number of nitrogens with zero attached hydrogens (tertiary/aromatic N) is 2. The van der Waals surface area contributed by atoms with Crippen LogP contribution in [-0.2, 0) is 22.0 Å². The minimum atomic E-state index is -3.74. The van der Waals surface area contributed by atoms with Crippen molar-refractivity contribution in [2.75, 3.05) is 0 Å². The first-order chi connectivity index (χ1) is 12.7. The van der Waals surface area contributed by atoms with E-state index < -0.39 is 15.8 Å². The van der Waals surface area contributed by atoms with Crippen molar-refractivity contribution >= 4 is 10.0 Å². The van der Waals surface area contributed by atoms with Gasteiger partial charge in [0, 0.05) is 0 Å². The summed E-state index contributed by atoms with van der Waals surface area (Å²) < 4.78 is 46.1. The maximum Gasteiger partial charge on any atom is 0.242 e. The van der Waals surface area contributed by atoms with Gasteiger partial charge in [-0.15, -0.1) is 0 Å². The van der Waals surface area contributed by atoms with Gasteiger partial charge in [-0.1, -0.05) is 50.2 Å². The van der Waals surface area contributed by atoms with E-state index >= 15 is 0 Å². The van der Waals surface area contributed by atoms with Crippen molar-refractivity contribution in [1.29, 1.82) is 0 Å². The summed E-state index contributed by atoms with van der Waals surface area (Å²) in [5.74, 6) is -0.371. The number of hydrogen-bond acceptors (Lipinski definition) is 5. The average Bonchev–Trinajstić information content (AvgIpc) is 3.09. The van der Waals surface area contributed by atoms with Crippen molar-refractivity contribution in [3.63, 3.8) is 0 Å². The minimum Gasteiger partial charge on any atom is -0.338 e. The lowest BCUT2D eigenvalue weighted by atomic mass is 9.87. The number of hydrogen-bond donors (Lipinski definition) is 1. The summed E-state index contributed by atoms with van der Waals surface area (Å²) in [4.78, 5) is 4.18. The average molecular weight is 389 g/mol. The maximum atomic E-state index is 13.8. The Bertz CT molecular complexity index is 1040. The molecule has 0 amide bonds. The molecule has 0 saturated heterocycles. The highest BCUT2D eigenvalue weighted by atomic mass is 32.2. The van der Waals surface area contributed by atoms with Crippen LogP contribution >= 0.6 is 0 Å². The summed E-state index contributed by atoms with van der Waals surface area (Å²) in [6.45, 7) is 5.97. The third kappa shape index (κ3) is 4.40. The van der Waals surface area contributed by atoms with Crippen LogP contribution in [0.15, 0.2) is 57.9 Å². The van der Waals surface area contributed by atoms with E-state index in [0.29, 0.717) is 0 Å². The van der Waals surface area contributed by atoms with E-state index in [1.807, 2.05) is 0 Å². The molecule has 142 valence electrons. The van der Waals surface area contributed by atoms with E-state index in [9.17, 15) is 12.8 Å². The normalized spacial score (nSPS) is 12.3. The van der Waals surface area contributed by atoms with Crippen LogP contribution in [0.4, 0.5) is 4.39 Å². The van der Waals surface area contributed by atoms with Crippen LogP contribution in [0.3, 0.4) is 0 Å². The number of nitrogens with one attached hydrogen (secondary N) is 1. The van der Waals surface area contributed by atoms with Crippen LogP contribution in [0.1, 0.15) is 32.2 Å². The molecule has 0 radical (unpaired) electrons. The summed E-state index contributed by atoms with van der Waals surface area (Å²) in [7, 11) is -3.74. The van der Waals surface area contributed by atoms with E-state index in [2.05, 4.69) is 35.6 Å². The predicted molar refractivity (Wildman–Crippen MR) is 98.9 cm³/mol. The zero-order valence-electron chi connectivity index (χ0n) is 15.2. The number of halogens is 1. The molecule has 0 saturated carbocycles. The lowest BCUT2D eigenvalue weighted by Crippen LogP contribution is -2.23. The first-order valence-electron chi connectivity index (χ1n) is 8.34. The van der Waals surface area contributed by atoms with E-state index in [-0.39, 0.29) is 34.1 Å². The molecule has 0 fully saturated rings.